The van der Waals surface area contributed by atoms with Gasteiger partial charge in [-0.15, -0.1) is 12.4 Å². The van der Waals surface area contributed by atoms with Gasteiger partial charge in [0, 0.05) is 25.0 Å². The van der Waals surface area contributed by atoms with Crippen LogP contribution in [0.5, 0.6) is 0 Å². The van der Waals surface area contributed by atoms with Crippen LogP contribution in [0.2, 0.25) is 0 Å². The topological polar surface area (TPSA) is 65.3 Å². The van der Waals surface area contributed by atoms with E-state index in [2.05, 4.69) is 5.10 Å². The maximum atomic E-state index is 11.3. The summed E-state index contributed by atoms with van der Waals surface area (Å²) in [6, 6.07) is 3.32. The molecule has 0 saturated heterocycles. The van der Waals surface area contributed by atoms with E-state index in [1.54, 1.807) is 25.4 Å². The van der Waals surface area contributed by atoms with Gasteiger partial charge >= 0.3 is 5.69 Å². The summed E-state index contributed by atoms with van der Waals surface area (Å²) < 4.78 is 2.71. The van der Waals surface area contributed by atoms with Crippen molar-refractivity contribution in [3.8, 4) is 0 Å². The number of hydrogen-bond donors (Lipinski definition) is 1. The van der Waals surface area contributed by atoms with Crippen molar-refractivity contribution in [3.63, 3.8) is 0 Å². The van der Waals surface area contributed by atoms with Crippen molar-refractivity contribution in [2.24, 2.45) is 7.05 Å². The molecule has 0 unspecified atom stereocenters. The van der Waals surface area contributed by atoms with Gasteiger partial charge < -0.3 is 5.73 Å². The average molecular weight is 201 g/mol. The van der Waals surface area contributed by atoms with Crippen molar-refractivity contribution >= 4 is 23.7 Å². The van der Waals surface area contributed by atoms with E-state index in [0.29, 0.717) is 11.3 Å². The summed E-state index contributed by atoms with van der Waals surface area (Å²) in [4.78, 5) is 11.3. The van der Waals surface area contributed by atoms with E-state index in [1.165, 1.54) is 9.08 Å². The SMILES string of the molecule is Cl.Cn1nc2cc(N)ccn2c1=O. The summed E-state index contributed by atoms with van der Waals surface area (Å²) >= 11 is 0. The van der Waals surface area contributed by atoms with Gasteiger partial charge in [-0.3, -0.25) is 4.40 Å². The Kier molecular flexibility index (Phi) is 2.29. The van der Waals surface area contributed by atoms with Crippen LogP contribution in [-0.4, -0.2) is 14.2 Å². The second-order valence-corrected chi connectivity index (χ2v) is 2.59. The molecule has 0 amide bonds. The second-order valence-electron chi connectivity index (χ2n) is 2.59. The second kappa shape index (κ2) is 3.10. The standard InChI is InChI=1S/C7H8N4O.ClH/c1-10-7(12)11-3-2-5(8)4-6(11)9-10;/h2-4H,8H2,1H3;1H. The first kappa shape index (κ1) is 9.60. The van der Waals surface area contributed by atoms with Gasteiger partial charge in [0.15, 0.2) is 5.65 Å². The first-order valence-electron chi connectivity index (χ1n) is 3.49. The molecule has 2 rings (SSSR count). The molecule has 0 radical (unpaired) electrons. The fraction of sp³-hybridized carbons (Fsp3) is 0.143. The van der Waals surface area contributed by atoms with E-state index in [4.69, 9.17) is 5.73 Å². The molecule has 6 heteroatoms. The lowest BCUT2D eigenvalue weighted by molar-refractivity contribution is 0.733. The number of halogens is 1. The van der Waals surface area contributed by atoms with Crippen molar-refractivity contribution in [2.45, 2.75) is 0 Å². The number of nitrogens with two attached hydrogens (primary N) is 1. The van der Waals surface area contributed by atoms with Crippen molar-refractivity contribution in [3.05, 3.63) is 28.8 Å². The van der Waals surface area contributed by atoms with Crippen LogP contribution in [0.3, 0.4) is 0 Å². The fourth-order valence-electron chi connectivity index (χ4n) is 1.09. The minimum Gasteiger partial charge on any atom is -0.399 e. The van der Waals surface area contributed by atoms with E-state index in [1.807, 2.05) is 0 Å². The monoisotopic (exact) mass is 200 g/mol. The number of pyridine rings is 1. The van der Waals surface area contributed by atoms with E-state index in [9.17, 15) is 4.79 Å². The summed E-state index contributed by atoms with van der Waals surface area (Å²) in [6.45, 7) is 0. The van der Waals surface area contributed by atoms with E-state index < -0.39 is 0 Å². The third kappa shape index (κ3) is 1.38. The molecule has 2 aromatic heterocycles. The van der Waals surface area contributed by atoms with Crippen LogP contribution in [0.1, 0.15) is 0 Å². The van der Waals surface area contributed by atoms with Gasteiger partial charge in [-0.1, -0.05) is 0 Å². The molecule has 0 aromatic carbocycles. The van der Waals surface area contributed by atoms with Crippen LogP contribution in [-0.2, 0) is 7.05 Å². The molecule has 0 aliphatic carbocycles. The Balaban J connectivity index is 0.000000845. The Morgan fingerprint density at radius 2 is 2.23 bits per heavy atom. The number of nitrogen functional groups attached to an aromatic ring is 1. The van der Waals surface area contributed by atoms with Gasteiger partial charge in [0.25, 0.3) is 0 Å². The number of hydrogen-bond acceptors (Lipinski definition) is 3. The molecule has 0 spiro atoms. The van der Waals surface area contributed by atoms with Crippen molar-refractivity contribution in [1.82, 2.24) is 14.2 Å². The molecule has 13 heavy (non-hydrogen) atoms. The number of anilines is 1. The summed E-state index contributed by atoms with van der Waals surface area (Å²) in [5.74, 6) is 0. The van der Waals surface area contributed by atoms with Crippen molar-refractivity contribution < 1.29 is 0 Å². The minimum atomic E-state index is -0.162. The highest BCUT2D eigenvalue weighted by molar-refractivity contribution is 5.85. The molecule has 0 aliphatic rings. The van der Waals surface area contributed by atoms with E-state index in [-0.39, 0.29) is 18.1 Å². The number of nitrogens with zero attached hydrogens (tertiary/aromatic N) is 3. The van der Waals surface area contributed by atoms with Crippen LogP contribution in [0, 0.1) is 0 Å². The zero-order chi connectivity index (χ0) is 8.72. The predicted molar refractivity (Wildman–Crippen MR) is 52.1 cm³/mol. The predicted octanol–water partition coefficient (Wildman–Crippen LogP) is 0.0370. The molecule has 2 heterocycles. The molecule has 0 atom stereocenters. The number of rotatable bonds is 0. The van der Waals surface area contributed by atoms with Crippen molar-refractivity contribution in [2.75, 3.05) is 5.73 Å². The van der Waals surface area contributed by atoms with E-state index in [0.717, 1.165) is 0 Å². The quantitative estimate of drug-likeness (QED) is 0.653. The van der Waals surface area contributed by atoms with Crippen LogP contribution >= 0.6 is 12.4 Å². The lowest BCUT2D eigenvalue weighted by Gasteiger charge is -1.90. The van der Waals surface area contributed by atoms with Crippen LogP contribution < -0.4 is 11.4 Å². The fourth-order valence-corrected chi connectivity index (χ4v) is 1.09. The first-order valence-corrected chi connectivity index (χ1v) is 3.49. The molecule has 0 aliphatic heterocycles. The van der Waals surface area contributed by atoms with Crippen molar-refractivity contribution in [1.29, 1.82) is 0 Å². The molecule has 70 valence electrons. The van der Waals surface area contributed by atoms with E-state index >= 15 is 0 Å². The normalized spacial score (nSPS) is 9.92. The third-order valence-corrected chi connectivity index (χ3v) is 1.69. The van der Waals surface area contributed by atoms with Gasteiger partial charge in [-0.2, -0.15) is 5.10 Å². The summed E-state index contributed by atoms with van der Waals surface area (Å²) in [6.07, 6.45) is 1.61. The average Bonchev–Trinajstić information content (AvgIpc) is 2.28. The summed E-state index contributed by atoms with van der Waals surface area (Å²) in [5, 5.41) is 3.96. The van der Waals surface area contributed by atoms with Gasteiger partial charge in [-0.25, -0.2) is 9.48 Å². The molecule has 0 bridgehead atoms. The number of fused-ring (bicyclic) bond motifs is 1. The van der Waals surface area contributed by atoms with Gasteiger partial charge in [0.2, 0.25) is 0 Å². The molecule has 0 fully saturated rings. The Labute approximate surface area is 80.2 Å². The lowest BCUT2D eigenvalue weighted by Crippen LogP contribution is -2.17. The Morgan fingerprint density at radius 1 is 1.54 bits per heavy atom. The highest BCUT2D eigenvalue weighted by Crippen LogP contribution is 2.02. The van der Waals surface area contributed by atoms with Gasteiger partial charge in [0.05, 0.1) is 0 Å². The molecular formula is C7H9ClN4O. The molecular weight excluding hydrogens is 192 g/mol. The maximum Gasteiger partial charge on any atom is 0.350 e. The Bertz CT molecular complexity index is 487. The molecule has 0 saturated carbocycles. The van der Waals surface area contributed by atoms with Gasteiger partial charge in [-0.05, 0) is 6.07 Å². The molecule has 2 N–H and O–H groups in total. The highest BCUT2D eigenvalue weighted by atomic mass is 35.5. The Hall–Kier alpha value is -1.49. The number of aryl methyl sites for hydroxylation is 1. The van der Waals surface area contributed by atoms with Gasteiger partial charge in [0.1, 0.15) is 0 Å². The lowest BCUT2D eigenvalue weighted by atomic mass is 10.4. The molecule has 2 aromatic rings. The zero-order valence-electron chi connectivity index (χ0n) is 6.97. The Morgan fingerprint density at radius 3 is 2.92 bits per heavy atom. The third-order valence-electron chi connectivity index (χ3n) is 1.69. The highest BCUT2D eigenvalue weighted by Gasteiger charge is 2.01. The van der Waals surface area contributed by atoms with Crippen LogP contribution in [0.25, 0.3) is 5.65 Å². The zero-order valence-corrected chi connectivity index (χ0v) is 7.78. The minimum absolute atomic E-state index is 0. The van der Waals surface area contributed by atoms with Crippen LogP contribution in [0.15, 0.2) is 23.1 Å². The number of aromatic nitrogens is 3. The summed E-state index contributed by atoms with van der Waals surface area (Å²) in [7, 11) is 1.60. The first-order chi connectivity index (χ1) is 5.68. The summed E-state index contributed by atoms with van der Waals surface area (Å²) in [5.41, 5.74) is 6.53. The smallest absolute Gasteiger partial charge is 0.350 e. The van der Waals surface area contributed by atoms with Crippen LogP contribution in [0.4, 0.5) is 5.69 Å². The maximum absolute atomic E-state index is 11.3. The molecule has 5 nitrogen and oxygen atoms in total. The largest absolute Gasteiger partial charge is 0.399 e.